The fourth-order valence-corrected chi connectivity index (χ4v) is 4.00. The van der Waals surface area contributed by atoms with Crippen molar-refractivity contribution >= 4 is 34.3 Å². The van der Waals surface area contributed by atoms with Crippen LogP contribution in [-0.4, -0.2) is 75.5 Å². The first-order valence-corrected chi connectivity index (χ1v) is 10.5. The Kier molecular flexibility index (Phi) is 5.81. The smallest absolute Gasteiger partial charge is 0.234 e. The number of hydrogen-bond donors (Lipinski definition) is 1. The second kappa shape index (κ2) is 8.56. The lowest BCUT2D eigenvalue weighted by Crippen LogP contribution is -2.37. The van der Waals surface area contributed by atoms with Crippen molar-refractivity contribution in [1.82, 2.24) is 29.4 Å². The molecule has 1 atom stereocenters. The third-order valence-electron chi connectivity index (χ3n) is 5.86. The van der Waals surface area contributed by atoms with E-state index >= 15 is 0 Å². The van der Waals surface area contributed by atoms with E-state index in [0.29, 0.717) is 48.3 Å². The van der Waals surface area contributed by atoms with Gasteiger partial charge in [0.05, 0.1) is 12.6 Å². The standard InChI is InChI=1S/C21H26FN7O3/c1-27(19(30)12-7-9-28(2)20(12)31)8-5-4-6-17-25-18-13-10-14(22)16(32-3)11-15(13)24-21(23)29(18)26-17/h10-12H,4-9H2,1-3H3,(H2,23,24). The number of halogens is 1. The highest BCUT2D eigenvalue weighted by Gasteiger charge is 2.36. The molecule has 1 aliphatic heterocycles. The van der Waals surface area contributed by atoms with E-state index in [0.717, 1.165) is 12.8 Å². The molecule has 1 saturated heterocycles. The van der Waals surface area contributed by atoms with E-state index in [1.807, 2.05) is 0 Å². The van der Waals surface area contributed by atoms with Crippen LogP contribution in [0.4, 0.5) is 10.3 Å². The molecule has 11 heteroatoms. The Hall–Kier alpha value is -3.50. The molecule has 2 aromatic heterocycles. The van der Waals surface area contributed by atoms with Crippen molar-refractivity contribution in [3.8, 4) is 5.75 Å². The molecule has 0 radical (unpaired) electrons. The zero-order chi connectivity index (χ0) is 23.0. The number of nitrogens with two attached hydrogens (primary N) is 1. The monoisotopic (exact) mass is 443 g/mol. The van der Waals surface area contributed by atoms with E-state index in [1.165, 1.54) is 23.8 Å². The van der Waals surface area contributed by atoms with Gasteiger partial charge in [0.1, 0.15) is 5.92 Å². The SMILES string of the molecule is COc1cc2nc(N)n3nc(CCCCN(C)C(=O)C4CCN(C)C4=O)nc3c2cc1F. The molecule has 10 nitrogen and oxygen atoms in total. The molecule has 0 aliphatic carbocycles. The van der Waals surface area contributed by atoms with Gasteiger partial charge in [0.2, 0.25) is 17.8 Å². The molecule has 1 unspecified atom stereocenters. The number of carbonyl (C=O) groups is 2. The highest BCUT2D eigenvalue weighted by atomic mass is 19.1. The zero-order valence-corrected chi connectivity index (χ0v) is 18.3. The van der Waals surface area contributed by atoms with Gasteiger partial charge in [-0.05, 0) is 25.3 Å². The molecule has 0 spiro atoms. The number of aromatic nitrogens is 4. The molecule has 0 saturated carbocycles. The number of ether oxygens (including phenoxy) is 1. The number of likely N-dealkylation sites (tertiary alicyclic amines) is 1. The summed E-state index contributed by atoms with van der Waals surface area (Å²) in [5.41, 5.74) is 6.92. The summed E-state index contributed by atoms with van der Waals surface area (Å²) in [6.07, 6.45) is 2.60. The lowest BCUT2D eigenvalue weighted by Gasteiger charge is -2.20. The number of rotatable bonds is 7. The van der Waals surface area contributed by atoms with Crippen LogP contribution in [0.1, 0.15) is 25.1 Å². The van der Waals surface area contributed by atoms with Gasteiger partial charge < -0.3 is 20.3 Å². The molecule has 2 N–H and O–H groups in total. The van der Waals surface area contributed by atoms with Crippen LogP contribution in [0, 0.1) is 11.7 Å². The van der Waals surface area contributed by atoms with Crippen LogP contribution >= 0.6 is 0 Å². The van der Waals surface area contributed by atoms with Crippen LogP contribution in [0.3, 0.4) is 0 Å². The number of unbranched alkanes of at least 4 members (excludes halogenated alkanes) is 1. The Bertz CT molecular complexity index is 1200. The molecule has 3 heterocycles. The molecule has 1 aromatic carbocycles. The predicted molar refractivity (Wildman–Crippen MR) is 116 cm³/mol. The Labute approximate surface area is 184 Å². The van der Waals surface area contributed by atoms with Crippen LogP contribution in [0.25, 0.3) is 16.6 Å². The average Bonchev–Trinajstić information content (AvgIpc) is 3.35. The molecule has 1 fully saturated rings. The molecule has 3 aromatic rings. The zero-order valence-electron chi connectivity index (χ0n) is 18.3. The summed E-state index contributed by atoms with van der Waals surface area (Å²) < 4.78 is 20.6. The maximum absolute atomic E-state index is 14.2. The largest absolute Gasteiger partial charge is 0.494 e. The van der Waals surface area contributed by atoms with Crippen LogP contribution in [0.15, 0.2) is 12.1 Å². The topological polar surface area (TPSA) is 119 Å². The summed E-state index contributed by atoms with van der Waals surface area (Å²) in [4.78, 5) is 36.6. The van der Waals surface area contributed by atoms with Crippen molar-refractivity contribution in [3.05, 3.63) is 23.8 Å². The van der Waals surface area contributed by atoms with Crippen LogP contribution in [0.2, 0.25) is 0 Å². The quantitative estimate of drug-likeness (QED) is 0.431. The number of carbonyl (C=O) groups excluding carboxylic acids is 2. The Morgan fingerprint density at radius 1 is 1.34 bits per heavy atom. The molecular weight excluding hydrogens is 417 g/mol. The molecule has 170 valence electrons. The van der Waals surface area contributed by atoms with E-state index in [1.54, 1.807) is 23.9 Å². The van der Waals surface area contributed by atoms with Crippen molar-refractivity contribution in [2.75, 3.05) is 40.0 Å². The minimum Gasteiger partial charge on any atom is -0.494 e. The second-order valence-corrected chi connectivity index (χ2v) is 8.06. The van der Waals surface area contributed by atoms with Crippen molar-refractivity contribution in [3.63, 3.8) is 0 Å². The summed E-state index contributed by atoms with van der Waals surface area (Å²) >= 11 is 0. The van der Waals surface area contributed by atoms with E-state index in [4.69, 9.17) is 10.5 Å². The Morgan fingerprint density at radius 3 is 2.81 bits per heavy atom. The normalized spacial score (nSPS) is 16.3. The van der Waals surface area contributed by atoms with Crippen LogP contribution < -0.4 is 10.5 Å². The fraction of sp³-hybridized carbons (Fsp3) is 0.476. The average molecular weight is 443 g/mol. The maximum atomic E-state index is 14.2. The van der Waals surface area contributed by atoms with E-state index in [2.05, 4.69) is 15.1 Å². The Morgan fingerprint density at radius 2 is 2.12 bits per heavy atom. The first kappa shape index (κ1) is 21.7. The van der Waals surface area contributed by atoms with E-state index in [-0.39, 0.29) is 23.5 Å². The van der Waals surface area contributed by atoms with Gasteiger partial charge >= 0.3 is 0 Å². The van der Waals surface area contributed by atoms with Gasteiger partial charge in [0.15, 0.2) is 23.0 Å². The van der Waals surface area contributed by atoms with Crippen molar-refractivity contribution in [2.45, 2.75) is 25.7 Å². The molecule has 2 amide bonds. The number of nitrogen functional groups attached to an aromatic ring is 1. The third kappa shape index (κ3) is 3.90. The molecular formula is C21H26FN7O3. The number of methoxy groups -OCH3 is 1. The minimum atomic E-state index is -0.562. The number of amides is 2. The number of nitrogens with zero attached hydrogens (tertiary/aromatic N) is 6. The first-order chi connectivity index (χ1) is 15.3. The van der Waals surface area contributed by atoms with E-state index in [9.17, 15) is 14.0 Å². The maximum Gasteiger partial charge on any atom is 0.234 e. The van der Waals surface area contributed by atoms with Crippen LogP contribution in [-0.2, 0) is 16.0 Å². The van der Waals surface area contributed by atoms with Crippen LogP contribution in [0.5, 0.6) is 5.75 Å². The van der Waals surface area contributed by atoms with Gasteiger partial charge in [0.25, 0.3) is 0 Å². The van der Waals surface area contributed by atoms with Gasteiger partial charge in [-0.1, -0.05) is 0 Å². The second-order valence-electron chi connectivity index (χ2n) is 8.06. The fourth-order valence-electron chi connectivity index (χ4n) is 4.00. The van der Waals surface area contributed by atoms with E-state index < -0.39 is 11.7 Å². The molecule has 4 rings (SSSR count). The number of benzene rings is 1. The highest BCUT2D eigenvalue weighted by molar-refractivity contribution is 6.01. The highest BCUT2D eigenvalue weighted by Crippen LogP contribution is 2.27. The van der Waals surface area contributed by atoms with Gasteiger partial charge in [-0.2, -0.15) is 4.52 Å². The van der Waals surface area contributed by atoms with Gasteiger partial charge in [-0.3, -0.25) is 9.59 Å². The summed E-state index contributed by atoms with van der Waals surface area (Å²) in [7, 11) is 4.82. The van der Waals surface area contributed by atoms with Crippen molar-refractivity contribution in [1.29, 1.82) is 0 Å². The van der Waals surface area contributed by atoms with Gasteiger partial charge in [0, 0.05) is 45.1 Å². The number of hydrogen-bond acceptors (Lipinski definition) is 7. The summed E-state index contributed by atoms with van der Waals surface area (Å²) in [6, 6.07) is 2.80. The van der Waals surface area contributed by atoms with Gasteiger partial charge in [-0.25, -0.2) is 14.4 Å². The molecule has 1 aliphatic rings. The number of aryl methyl sites for hydroxylation is 1. The third-order valence-corrected chi connectivity index (χ3v) is 5.86. The van der Waals surface area contributed by atoms with Crippen molar-refractivity contribution in [2.24, 2.45) is 5.92 Å². The minimum absolute atomic E-state index is 0.0816. The lowest BCUT2D eigenvalue weighted by molar-refractivity contribution is -0.142. The summed E-state index contributed by atoms with van der Waals surface area (Å²) in [5, 5.41) is 4.89. The van der Waals surface area contributed by atoms with Crippen molar-refractivity contribution < 1.29 is 18.7 Å². The predicted octanol–water partition coefficient (Wildman–Crippen LogP) is 1.27. The molecule has 0 bridgehead atoms. The Balaban J connectivity index is 1.41. The summed E-state index contributed by atoms with van der Waals surface area (Å²) in [6.45, 7) is 1.16. The number of anilines is 1. The number of fused-ring (bicyclic) bond motifs is 3. The van der Waals surface area contributed by atoms with Gasteiger partial charge in [-0.15, -0.1) is 5.10 Å². The summed E-state index contributed by atoms with van der Waals surface area (Å²) in [5.74, 6) is -0.528. The lowest BCUT2D eigenvalue weighted by atomic mass is 10.1. The first-order valence-electron chi connectivity index (χ1n) is 10.5. The molecule has 32 heavy (non-hydrogen) atoms.